The third-order valence-electron chi connectivity index (χ3n) is 6.79. The van der Waals surface area contributed by atoms with Crippen molar-refractivity contribution in [1.82, 2.24) is 19.3 Å². The number of hydrogen-bond acceptors (Lipinski definition) is 5. The molecule has 174 valence electrons. The predicted molar refractivity (Wildman–Crippen MR) is 136 cm³/mol. The lowest BCUT2D eigenvalue weighted by Crippen LogP contribution is -2.51. The Bertz CT molecular complexity index is 1210. The Labute approximate surface area is 197 Å². The molecular formula is C27H35N5O. The molecule has 1 aliphatic heterocycles. The van der Waals surface area contributed by atoms with Crippen LogP contribution in [0.5, 0.6) is 0 Å². The summed E-state index contributed by atoms with van der Waals surface area (Å²) in [7, 11) is 2.22. The molecule has 0 saturated carbocycles. The number of fused-ring (bicyclic) bond motifs is 1. The Kier molecular flexibility index (Phi) is 6.66. The van der Waals surface area contributed by atoms with Gasteiger partial charge in [0.2, 0.25) is 0 Å². The average Bonchev–Trinajstić information content (AvgIpc) is 3.22. The van der Waals surface area contributed by atoms with E-state index in [0.29, 0.717) is 23.7 Å². The van der Waals surface area contributed by atoms with Crippen molar-refractivity contribution >= 4 is 28.8 Å². The molecule has 1 aliphatic rings. The van der Waals surface area contributed by atoms with Crippen molar-refractivity contribution in [2.75, 3.05) is 31.6 Å². The lowest BCUT2D eigenvalue weighted by molar-refractivity contribution is -0.113. The first-order chi connectivity index (χ1) is 15.8. The number of likely N-dealkylation sites (N-methyl/N-ethyl adjacent to an activating group) is 1. The van der Waals surface area contributed by atoms with Crippen molar-refractivity contribution in [3.05, 3.63) is 58.8 Å². The number of allylic oxidation sites excluding steroid dienone is 1. The molecule has 0 amide bonds. The molecule has 3 aromatic rings. The van der Waals surface area contributed by atoms with E-state index in [-0.39, 0.29) is 5.78 Å². The highest BCUT2D eigenvalue weighted by Crippen LogP contribution is 2.27. The first-order valence-electron chi connectivity index (χ1n) is 11.9. The maximum absolute atomic E-state index is 12.9. The number of carbonyl (C=O) groups excluding carboxylic acids is 1. The maximum atomic E-state index is 12.9. The average molecular weight is 446 g/mol. The fourth-order valence-corrected chi connectivity index (χ4v) is 4.72. The predicted octanol–water partition coefficient (Wildman–Crippen LogP) is 4.70. The van der Waals surface area contributed by atoms with Crippen LogP contribution in [-0.2, 0) is 4.79 Å². The van der Waals surface area contributed by atoms with Crippen LogP contribution in [0.1, 0.15) is 54.9 Å². The number of rotatable bonds is 6. The highest BCUT2D eigenvalue weighted by molar-refractivity contribution is 6.24. The van der Waals surface area contributed by atoms with Crippen molar-refractivity contribution in [3.8, 4) is 0 Å². The number of aryl methyl sites for hydroxylation is 3. The normalized spacial score (nSPS) is 17.7. The van der Waals surface area contributed by atoms with Gasteiger partial charge in [-0.2, -0.15) is 0 Å². The van der Waals surface area contributed by atoms with Crippen LogP contribution in [0.15, 0.2) is 30.6 Å². The summed E-state index contributed by atoms with van der Waals surface area (Å²) in [4.78, 5) is 27.1. The molecule has 0 N–H and O–H groups in total. The summed E-state index contributed by atoms with van der Waals surface area (Å²) >= 11 is 0. The molecule has 0 bridgehead atoms. The number of benzene rings is 1. The number of anilines is 1. The Balaban J connectivity index is 1.69. The summed E-state index contributed by atoms with van der Waals surface area (Å²) in [5, 5.41) is 0. The Morgan fingerprint density at radius 2 is 1.91 bits per heavy atom. The van der Waals surface area contributed by atoms with Crippen LogP contribution in [0.3, 0.4) is 0 Å². The molecule has 1 saturated heterocycles. The Hall–Kier alpha value is -2.99. The van der Waals surface area contributed by atoms with Gasteiger partial charge < -0.3 is 9.30 Å². The van der Waals surface area contributed by atoms with E-state index in [0.717, 1.165) is 48.7 Å². The number of hydrogen-bond donors (Lipinski definition) is 0. The molecule has 6 nitrogen and oxygen atoms in total. The maximum Gasteiger partial charge on any atom is 0.164 e. The fourth-order valence-electron chi connectivity index (χ4n) is 4.72. The van der Waals surface area contributed by atoms with Gasteiger partial charge in [-0.05, 0) is 63.6 Å². The summed E-state index contributed by atoms with van der Waals surface area (Å²) < 4.78 is 1.97. The van der Waals surface area contributed by atoms with Gasteiger partial charge in [-0.25, -0.2) is 4.98 Å². The van der Waals surface area contributed by atoms with E-state index in [1.807, 2.05) is 43.6 Å². The molecule has 1 fully saturated rings. The number of ketones is 1. The van der Waals surface area contributed by atoms with E-state index in [1.54, 1.807) is 0 Å². The van der Waals surface area contributed by atoms with E-state index >= 15 is 0 Å². The summed E-state index contributed by atoms with van der Waals surface area (Å²) in [5.41, 5.74) is 7.41. The minimum absolute atomic E-state index is 0.0917. The summed E-state index contributed by atoms with van der Waals surface area (Å²) in [6.07, 6.45) is 7.48. The van der Waals surface area contributed by atoms with Gasteiger partial charge in [0.25, 0.3) is 0 Å². The third-order valence-corrected chi connectivity index (χ3v) is 6.79. The molecule has 2 aromatic heterocycles. The first-order valence-corrected chi connectivity index (χ1v) is 11.9. The number of Topliss-reactive ketones (excluding diaryl/α,β-unsaturated/α-hetero) is 1. The van der Waals surface area contributed by atoms with E-state index < -0.39 is 0 Å². The van der Waals surface area contributed by atoms with Crippen LogP contribution < -0.4 is 4.90 Å². The van der Waals surface area contributed by atoms with E-state index in [1.165, 1.54) is 11.3 Å². The molecule has 0 spiro atoms. The molecule has 1 atom stereocenters. The zero-order chi connectivity index (χ0) is 23.7. The highest BCUT2D eigenvalue weighted by atomic mass is 16.1. The monoisotopic (exact) mass is 445 g/mol. The van der Waals surface area contributed by atoms with Crippen molar-refractivity contribution in [3.63, 3.8) is 0 Å². The van der Waals surface area contributed by atoms with Gasteiger partial charge in [-0.3, -0.25) is 14.7 Å². The van der Waals surface area contributed by atoms with Gasteiger partial charge >= 0.3 is 0 Å². The number of piperazine rings is 1. The number of nitrogens with zero attached hydrogens (tertiary/aromatic N) is 5. The molecular weight excluding hydrogens is 410 g/mol. The number of carbonyl (C=O) groups is 1. The third kappa shape index (κ3) is 4.71. The molecule has 0 radical (unpaired) electrons. The second-order valence-corrected chi connectivity index (χ2v) is 9.19. The van der Waals surface area contributed by atoms with Crippen LogP contribution in [0, 0.1) is 20.8 Å². The Morgan fingerprint density at radius 3 is 2.61 bits per heavy atom. The van der Waals surface area contributed by atoms with Gasteiger partial charge in [0.05, 0.1) is 17.1 Å². The first kappa shape index (κ1) is 23.2. The molecule has 33 heavy (non-hydrogen) atoms. The second kappa shape index (κ2) is 9.48. The highest BCUT2D eigenvalue weighted by Gasteiger charge is 2.23. The van der Waals surface area contributed by atoms with Crippen LogP contribution >= 0.6 is 0 Å². The molecule has 1 unspecified atom stereocenters. The quantitative estimate of drug-likeness (QED) is 0.515. The molecule has 1 aromatic carbocycles. The summed E-state index contributed by atoms with van der Waals surface area (Å²) in [5.74, 6) is 0.0917. The van der Waals surface area contributed by atoms with Crippen LogP contribution in [0.25, 0.3) is 17.3 Å². The second-order valence-electron chi connectivity index (χ2n) is 9.19. The minimum atomic E-state index is 0.0917. The summed E-state index contributed by atoms with van der Waals surface area (Å²) in [6.45, 7) is 13.4. The van der Waals surface area contributed by atoms with E-state index in [2.05, 4.69) is 53.9 Å². The lowest BCUT2D eigenvalue weighted by atomic mass is 9.99. The molecule has 3 heterocycles. The standard InChI is InChI=1S/C27H35N5O/c1-7-22-16-31(12-11-30(22)6)23-10-9-21(18(3)13-23)14-24(26(33)8-2)25-17-32-15-19(4)28-20(5)27(32)29-25/h9-10,13-15,17,22H,7-8,11-12,16H2,1-6H3/b24-14-. The largest absolute Gasteiger partial charge is 0.369 e. The van der Waals surface area contributed by atoms with E-state index in [4.69, 9.17) is 4.98 Å². The van der Waals surface area contributed by atoms with Crippen LogP contribution in [-0.4, -0.2) is 57.8 Å². The van der Waals surface area contributed by atoms with Gasteiger partial charge in [0.15, 0.2) is 11.4 Å². The zero-order valence-electron chi connectivity index (χ0n) is 20.7. The van der Waals surface area contributed by atoms with Crippen molar-refractivity contribution in [2.24, 2.45) is 0 Å². The number of imidazole rings is 1. The fraction of sp³-hybridized carbons (Fsp3) is 0.444. The lowest BCUT2D eigenvalue weighted by Gasteiger charge is -2.40. The van der Waals surface area contributed by atoms with Gasteiger partial charge in [-0.1, -0.05) is 19.9 Å². The topological polar surface area (TPSA) is 53.7 Å². The zero-order valence-corrected chi connectivity index (χ0v) is 20.7. The van der Waals surface area contributed by atoms with Gasteiger partial charge in [-0.15, -0.1) is 0 Å². The molecule has 6 heteroatoms. The van der Waals surface area contributed by atoms with Crippen LogP contribution in [0.2, 0.25) is 0 Å². The Morgan fingerprint density at radius 1 is 1.12 bits per heavy atom. The van der Waals surface area contributed by atoms with E-state index in [9.17, 15) is 4.79 Å². The SMILES string of the molecule is CCC(=O)/C(=C\c1ccc(N2CCN(C)C(CC)C2)cc1C)c1cn2cc(C)nc(C)c2n1. The number of aromatic nitrogens is 3. The van der Waals surface area contributed by atoms with Gasteiger partial charge in [0.1, 0.15) is 0 Å². The van der Waals surface area contributed by atoms with Crippen molar-refractivity contribution < 1.29 is 4.79 Å². The summed E-state index contributed by atoms with van der Waals surface area (Å²) in [6, 6.07) is 7.16. The molecule has 4 rings (SSSR count). The minimum Gasteiger partial charge on any atom is -0.369 e. The molecule has 0 aliphatic carbocycles. The van der Waals surface area contributed by atoms with Crippen LogP contribution in [0.4, 0.5) is 5.69 Å². The smallest absolute Gasteiger partial charge is 0.164 e. The van der Waals surface area contributed by atoms with Gasteiger partial charge in [0, 0.05) is 55.8 Å². The van der Waals surface area contributed by atoms with Crippen molar-refractivity contribution in [1.29, 1.82) is 0 Å². The van der Waals surface area contributed by atoms with Crippen molar-refractivity contribution in [2.45, 2.75) is 53.5 Å².